The lowest BCUT2D eigenvalue weighted by Gasteiger charge is -2.50. The molecular formula is C22H46N4O. The molecule has 3 heterocycles. The minimum atomic E-state index is 0.372. The number of ether oxygens (including phenoxy) is 1. The summed E-state index contributed by atoms with van der Waals surface area (Å²) in [7, 11) is 0. The number of nitrogens with zero attached hydrogens (tertiary/aromatic N) is 2. The van der Waals surface area contributed by atoms with E-state index in [4.69, 9.17) is 16.2 Å². The maximum atomic E-state index is 5.97. The van der Waals surface area contributed by atoms with Gasteiger partial charge in [-0.1, -0.05) is 20.8 Å². The summed E-state index contributed by atoms with van der Waals surface area (Å²) in [5, 5.41) is 0. The van der Waals surface area contributed by atoms with E-state index in [9.17, 15) is 0 Å². The Hall–Kier alpha value is -0.200. The summed E-state index contributed by atoms with van der Waals surface area (Å²) in [4.78, 5) is 5.14. The van der Waals surface area contributed by atoms with E-state index in [1.54, 1.807) is 0 Å². The zero-order chi connectivity index (χ0) is 20.0. The molecule has 0 amide bonds. The van der Waals surface area contributed by atoms with Crippen LogP contribution < -0.4 is 11.5 Å². The molecule has 3 fully saturated rings. The van der Waals surface area contributed by atoms with E-state index in [0.717, 1.165) is 44.7 Å². The van der Waals surface area contributed by atoms with Crippen molar-refractivity contribution in [1.29, 1.82) is 0 Å². The van der Waals surface area contributed by atoms with Crippen LogP contribution in [-0.2, 0) is 4.74 Å². The Bertz CT molecular complexity index is 421. The standard InChI is InChI=1S/C13H25NO.C9H21N3/c1-10-12(13(2,3)4)6-5-7-14(10)11-8-15-9-11;1-8-9(11)4-2-6-12(8)7-3-5-10/h10-12H,5-9H2,1-4H3;8-9H,2-7,10-11H2,1H3. The fraction of sp³-hybridized carbons (Fsp3) is 1.00. The van der Waals surface area contributed by atoms with Crippen molar-refractivity contribution in [2.75, 3.05) is 39.4 Å². The van der Waals surface area contributed by atoms with Crippen LogP contribution in [0.1, 0.15) is 66.7 Å². The molecule has 3 rings (SSSR count). The number of hydrogen-bond acceptors (Lipinski definition) is 5. The smallest absolute Gasteiger partial charge is 0.0645 e. The van der Waals surface area contributed by atoms with Crippen molar-refractivity contribution in [1.82, 2.24) is 9.80 Å². The monoisotopic (exact) mass is 382 g/mol. The Morgan fingerprint density at radius 2 is 1.67 bits per heavy atom. The average molecular weight is 383 g/mol. The number of piperidine rings is 2. The van der Waals surface area contributed by atoms with Crippen molar-refractivity contribution in [3.05, 3.63) is 0 Å². The van der Waals surface area contributed by atoms with Crippen LogP contribution in [0.4, 0.5) is 0 Å². The van der Waals surface area contributed by atoms with Gasteiger partial charge in [0.2, 0.25) is 0 Å². The molecule has 0 radical (unpaired) electrons. The summed E-state index contributed by atoms with van der Waals surface area (Å²) < 4.78 is 5.32. The fourth-order valence-electron chi connectivity index (χ4n) is 5.11. The van der Waals surface area contributed by atoms with E-state index in [2.05, 4.69) is 44.4 Å². The molecule has 3 aliphatic heterocycles. The number of rotatable bonds is 4. The van der Waals surface area contributed by atoms with Gasteiger partial charge >= 0.3 is 0 Å². The zero-order valence-corrected chi connectivity index (χ0v) is 18.6. The van der Waals surface area contributed by atoms with Gasteiger partial charge in [-0.15, -0.1) is 0 Å². The van der Waals surface area contributed by atoms with Gasteiger partial charge in [0.05, 0.1) is 19.3 Å². The first-order chi connectivity index (χ1) is 12.8. The van der Waals surface area contributed by atoms with E-state index >= 15 is 0 Å². The normalized spacial score (nSPS) is 33.9. The largest absolute Gasteiger partial charge is 0.378 e. The summed E-state index contributed by atoms with van der Waals surface area (Å²) in [5.41, 5.74) is 11.9. The highest BCUT2D eigenvalue weighted by Gasteiger charge is 2.39. The molecule has 3 aliphatic rings. The van der Waals surface area contributed by atoms with E-state index in [-0.39, 0.29) is 0 Å². The summed E-state index contributed by atoms with van der Waals surface area (Å²) in [5.74, 6) is 0.840. The van der Waals surface area contributed by atoms with Crippen LogP contribution in [0.2, 0.25) is 0 Å². The topological polar surface area (TPSA) is 67.8 Å². The Labute approximate surface area is 168 Å². The minimum absolute atomic E-state index is 0.372. The van der Waals surface area contributed by atoms with Gasteiger partial charge in [-0.2, -0.15) is 0 Å². The molecule has 3 saturated heterocycles. The summed E-state index contributed by atoms with van der Waals surface area (Å²) in [6.07, 6.45) is 6.28. The molecule has 0 aromatic rings. The van der Waals surface area contributed by atoms with E-state index in [0.29, 0.717) is 23.5 Å². The molecule has 0 aliphatic carbocycles. The molecule has 5 heteroatoms. The lowest BCUT2D eigenvalue weighted by molar-refractivity contribution is -0.104. The minimum Gasteiger partial charge on any atom is -0.378 e. The maximum Gasteiger partial charge on any atom is 0.0645 e. The summed E-state index contributed by atoms with van der Waals surface area (Å²) in [6.45, 7) is 18.1. The molecule has 4 unspecified atom stereocenters. The van der Waals surface area contributed by atoms with Crippen LogP contribution in [-0.4, -0.2) is 73.4 Å². The van der Waals surface area contributed by atoms with Crippen LogP contribution in [0.15, 0.2) is 0 Å². The van der Waals surface area contributed by atoms with E-state index in [1.807, 2.05) is 0 Å². The highest BCUT2D eigenvalue weighted by molar-refractivity contribution is 4.92. The molecule has 0 saturated carbocycles. The van der Waals surface area contributed by atoms with Gasteiger partial charge in [0, 0.05) is 18.1 Å². The Morgan fingerprint density at radius 1 is 1.00 bits per heavy atom. The van der Waals surface area contributed by atoms with Crippen molar-refractivity contribution >= 4 is 0 Å². The zero-order valence-electron chi connectivity index (χ0n) is 18.6. The second-order valence-electron chi connectivity index (χ2n) is 10.0. The highest BCUT2D eigenvalue weighted by atomic mass is 16.5. The van der Waals surface area contributed by atoms with E-state index < -0.39 is 0 Å². The molecule has 27 heavy (non-hydrogen) atoms. The molecule has 160 valence electrons. The van der Waals surface area contributed by atoms with Gasteiger partial charge in [-0.3, -0.25) is 9.80 Å². The number of likely N-dealkylation sites (tertiary alicyclic amines) is 2. The average Bonchev–Trinajstić information content (AvgIpc) is 2.56. The lowest BCUT2D eigenvalue weighted by atomic mass is 9.71. The van der Waals surface area contributed by atoms with Crippen molar-refractivity contribution in [3.63, 3.8) is 0 Å². The summed E-state index contributed by atoms with van der Waals surface area (Å²) in [6, 6.07) is 2.36. The number of nitrogens with two attached hydrogens (primary N) is 2. The Balaban J connectivity index is 0.000000199. The lowest BCUT2D eigenvalue weighted by Crippen LogP contribution is -2.58. The van der Waals surface area contributed by atoms with Crippen molar-refractivity contribution in [2.45, 2.75) is 90.9 Å². The first-order valence-corrected chi connectivity index (χ1v) is 11.3. The predicted octanol–water partition coefficient (Wildman–Crippen LogP) is 2.68. The molecule has 0 aromatic carbocycles. The van der Waals surface area contributed by atoms with Crippen LogP contribution in [0, 0.1) is 11.3 Å². The third-order valence-corrected chi connectivity index (χ3v) is 7.07. The van der Waals surface area contributed by atoms with Gasteiger partial charge in [0.1, 0.15) is 0 Å². The molecule has 5 nitrogen and oxygen atoms in total. The highest BCUT2D eigenvalue weighted by Crippen LogP contribution is 2.38. The van der Waals surface area contributed by atoms with Gasteiger partial charge < -0.3 is 16.2 Å². The first kappa shape index (κ1) is 23.1. The SMILES string of the molecule is CC1C(C(C)(C)C)CCCN1C1COC1.CC1C(N)CCCN1CCCN. The van der Waals surface area contributed by atoms with Crippen LogP contribution in [0.5, 0.6) is 0 Å². The van der Waals surface area contributed by atoms with Crippen molar-refractivity contribution in [3.8, 4) is 0 Å². The molecule has 4 atom stereocenters. The van der Waals surface area contributed by atoms with E-state index in [1.165, 1.54) is 38.8 Å². The third kappa shape index (κ3) is 6.40. The summed E-state index contributed by atoms with van der Waals surface area (Å²) >= 11 is 0. The van der Waals surface area contributed by atoms with Crippen molar-refractivity contribution in [2.24, 2.45) is 22.8 Å². The fourth-order valence-corrected chi connectivity index (χ4v) is 5.11. The predicted molar refractivity (Wildman–Crippen MR) is 115 cm³/mol. The van der Waals surface area contributed by atoms with Gasteiger partial charge in [-0.05, 0) is 83.5 Å². The molecule has 0 aromatic heterocycles. The third-order valence-electron chi connectivity index (χ3n) is 7.07. The van der Waals surface area contributed by atoms with Crippen LogP contribution in [0.3, 0.4) is 0 Å². The van der Waals surface area contributed by atoms with Gasteiger partial charge in [-0.25, -0.2) is 0 Å². The van der Waals surface area contributed by atoms with Crippen LogP contribution in [0.25, 0.3) is 0 Å². The maximum absolute atomic E-state index is 5.97. The second kappa shape index (κ2) is 10.5. The molecular weight excluding hydrogens is 336 g/mol. The molecule has 0 bridgehead atoms. The van der Waals surface area contributed by atoms with Crippen molar-refractivity contribution < 1.29 is 4.74 Å². The molecule has 4 N–H and O–H groups in total. The Morgan fingerprint density at radius 3 is 2.22 bits per heavy atom. The Kier molecular flexibility index (Phi) is 9.01. The van der Waals surface area contributed by atoms with Gasteiger partial charge in [0.25, 0.3) is 0 Å². The van der Waals surface area contributed by atoms with Crippen LogP contribution >= 0.6 is 0 Å². The molecule has 0 spiro atoms. The second-order valence-corrected chi connectivity index (χ2v) is 10.0. The first-order valence-electron chi connectivity index (χ1n) is 11.3. The van der Waals surface area contributed by atoms with Gasteiger partial charge in [0.15, 0.2) is 0 Å². The number of hydrogen-bond donors (Lipinski definition) is 2. The quantitative estimate of drug-likeness (QED) is 0.782.